The number of alkyl halides is 1. The van der Waals surface area contributed by atoms with E-state index in [1.54, 1.807) is 12.1 Å². The second kappa shape index (κ2) is 7.82. The van der Waals surface area contributed by atoms with Gasteiger partial charge in [-0.25, -0.2) is 4.39 Å². The van der Waals surface area contributed by atoms with Crippen LogP contribution in [0.5, 0.6) is 5.75 Å². The smallest absolute Gasteiger partial charge is 0.115 e. The van der Waals surface area contributed by atoms with Gasteiger partial charge in [-0.1, -0.05) is 45.2 Å². The van der Waals surface area contributed by atoms with Crippen molar-refractivity contribution >= 4 is 0 Å². The summed E-state index contributed by atoms with van der Waals surface area (Å²) < 4.78 is 14.4. The van der Waals surface area contributed by atoms with Gasteiger partial charge in [-0.15, -0.1) is 0 Å². The third-order valence-corrected chi connectivity index (χ3v) is 5.20. The van der Waals surface area contributed by atoms with Gasteiger partial charge in [-0.3, -0.25) is 0 Å². The van der Waals surface area contributed by atoms with E-state index in [0.717, 1.165) is 23.8 Å². The van der Waals surface area contributed by atoms with Crippen molar-refractivity contribution in [1.82, 2.24) is 0 Å². The summed E-state index contributed by atoms with van der Waals surface area (Å²) >= 11 is 0. The molecule has 0 saturated heterocycles. The number of hydrogen-bond acceptors (Lipinski definition) is 1. The lowest BCUT2D eigenvalue weighted by molar-refractivity contribution is 0.160. The van der Waals surface area contributed by atoms with E-state index in [4.69, 9.17) is 0 Å². The van der Waals surface area contributed by atoms with Crippen molar-refractivity contribution < 1.29 is 9.50 Å². The molecule has 1 aromatic rings. The second-order valence-electron chi connectivity index (χ2n) is 6.89. The molecule has 2 rings (SSSR count). The molecule has 1 aliphatic rings. The van der Waals surface area contributed by atoms with Gasteiger partial charge in [0.2, 0.25) is 0 Å². The highest BCUT2D eigenvalue weighted by Gasteiger charge is 2.27. The molecule has 1 N–H and O–H groups in total. The molecule has 0 spiro atoms. The molecule has 0 aliphatic heterocycles. The van der Waals surface area contributed by atoms with Crippen LogP contribution in [-0.4, -0.2) is 11.3 Å². The van der Waals surface area contributed by atoms with Crippen molar-refractivity contribution in [3.05, 3.63) is 29.8 Å². The van der Waals surface area contributed by atoms with E-state index in [2.05, 4.69) is 13.8 Å². The lowest BCUT2D eigenvalue weighted by Gasteiger charge is -2.33. The van der Waals surface area contributed by atoms with Gasteiger partial charge >= 0.3 is 0 Å². The summed E-state index contributed by atoms with van der Waals surface area (Å²) in [6.07, 6.45) is 6.69. The van der Waals surface area contributed by atoms with Crippen LogP contribution in [0.2, 0.25) is 0 Å². The molecule has 1 nitrogen and oxygen atoms in total. The fourth-order valence-corrected chi connectivity index (χ4v) is 3.75. The molecule has 0 aromatic heterocycles. The number of phenols is 1. The molecule has 0 bridgehead atoms. The SMILES string of the molecule is CCC(CC(F)Cc1ccc(O)cc1)C1CCC(C)CC1. The minimum Gasteiger partial charge on any atom is -0.508 e. The number of halogens is 1. The van der Waals surface area contributed by atoms with Crippen molar-refractivity contribution in [2.24, 2.45) is 17.8 Å². The summed E-state index contributed by atoms with van der Waals surface area (Å²) in [5.74, 6) is 2.36. The molecular weight excluding hydrogens is 263 g/mol. The fraction of sp³-hybridized carbons (Fsp3) is 0.684. The van der Waals surface area contributed by atoms with Crippen LogP contribution in [0.15, 0.2) is 24.3 Å². The Morgan fingerprint density at radius 3 is 2.33 bits per heavy atom. The first kappa shape index (κ1) is 16.3. The van der Waals surface area contributed by atoms with Crippen LogP contribution < -0.4 is 0 Å². The zero-order chi connectivity index (χ0) is 15.2. The summed E-state index contributed by atoms with van der Waals surface area (Å²) in [5, 5.41) is 9.27. The second-order valence-corrected chi connectivity index (χ2v) is 6.89. The lowest BCUT2D eigenvalue weighted by atomic mass is 9.73. The van der Waals surface area contributed by atoms with Gasteiger partial charge in [-0.2, -0.15) is 0 Å². The number of benzene rings is 1. The van der Waals surface area contributed by atoms with E-state index in [-0.39, 0.29) is 5.75 Å². The van der Waals surface area contributed by atoms with Crippen LogP contribution in [0.25, 0.3) is 0 Å². The van der Waals surface area contributed by atoms with Gasteiger partial charge in [0.1, 0.15) is 11.9 Å². The normalized spacial score (nSPS) is 25.5. The van der Waals surface area contributed by atoms with Gasteiger partial charge in [0, 0.05) is 6.42 Å². The van der Waals surface area contributed by atoms with Gasteiger partial charge in [0.15, 0.2) is 0 Å². The summed E-state index contributed by atoms with van der Waals surface area (Å²) in [5.41, 5.74) is 0.979. The molecule has 1 saturated carbocycles. The Morgan fingerprint density at radius 1 is 1.14 bits per heavy atom. The average molecular weight is 292 g/mol. The van der Waals surface area contributed by atoms with E-state index < -0.39 is 6.17 Å². The zero-order valence-corrected chi connectivity index (χ0v) is 13.4. The maximum Gasteiger partial charge on any atom is 0.115 e. The van der Waals surface area contributed by atoms with E-state index >= 15 is 0 Å². The maximum absolute atomic E-state index is 14.4. The highest BCUT2D eigenvalue weighted by atomic mass is 19.1. The Balaban J connectivity index is 1.84. The number of phenolic OH excluding ortho intramolecular Hbond substituents is 1. The van der Waals surface area contributed by atoms with E-state index in [9.17, 15) is 9.50 Å². The highest BCUT2D eigenvalue weighted by Crippen LogP contribution is 2.37. The number of rotatable bonds is 6. The molecule has 2 unspecified atom stereocenters. The van der Waals surface area contributed by atoms with Crippen molar-refractivity contribution in [1.29, 1.82) is 0 Å². The first-order chi connectivity index (χ1) is 10.1. The summed E-state index contributed by atoms with van der Waals surface area (Å²) in [6, 6.07) is 6.93. The minimum absolute atomic E-state index is 0.247. The van der Waals surface area contributed by atoms with E-state index in [1.807, 2.05) is 12.1 Å². The Labute approximate surface area is 128 Å². The summed E-state index contributed by atoms with van der Waals surface area (Å²) in [7, 11) is 0. The van der Waals surface area contributed by atoms with Gasteiger partial charge in [-0.05, 0) is 54.7 Å². The van der Waals surface area contributed by atoms with Crippen LogP contribution in [-0.2, 0) is 6.42 Å². The fourth-order valence-electron chi connectivity index (χ4n) is 3.75. The molecule has 1 aromatic carbocycles. The summed E-state index contributed by atoms with van der Waals surface area (Å²) in [4.78, 5) is 0. The van der Waals surface area contributed by atoms with Crippen molar-refractivity contribution in [2.45, 2.75) is 65.0 Å². The number of aromatic hydroxyl groups is 1. The van der Waals surface area contributed by atoms with Crippen LogP contribution in [0.4, 0.5) is 4.39 Å². The third kappa shape index (κ3) is 5.01. The highest BCUT2D eigenvalue weighted by molar-refractivity contribution is 5.26. The molecule has 0 heterocycles. The number of hydrogen-bond donors (Lipinski definition) is 1. The monoisotopic (exact) mass is 292 g/mol. The minimum atomic E-state index is -0.765. The van der Waals surface area contributed by atoms with Gasteiger partial charge in [0.05, 0.1) is 0 Å². The molecule has 21 heavy (non-hydrogen) atoms. The molecule has 0 radical (unpaired) electrons. The van der Waals surface area contributed by atoms with Crippen molar-refractivity contribution in [3.63, 3.8) is 0 Å². The molecule has 2 heteroatoms. The Bertz CT molecular complexity index is 406. The largest absolute Gasteiger partial charge is 0.508 e. The van der Waals surface area contributed by atoms with E-state index in [1.165, 1.54) is 25.7 Å². The predicted octanol–water partition coefficient (Wildman–Crippen LogP) is 5.52. The van der Waals surface area contributed by atoms with Crippen molar-refractivity contribution in [2.75, 3.05) is 0 Å². The Morgan fingerprint density at radius 2 is 1.76 bits per heavy atom. The molecule has 1 fully saturated rings. The molecule has 2 atom stereocenters. The van der Waals surface area contributed by atoms with Crippen LogP contribution in [0.1, 0.15) is 57.9 Å². The first-order valence-electron chi connectivity index (χ1n) is 8.50. The third-order valence-electron chi connectivity index (χ3n) is 5.20. The maximum atomic E-state index is 14.4. The van der Waals surface area contributed by atoms with E-state index in [0.29, 0.717) is 18.8 Å². The standard InChI is InChI=1S/C19H29FO/c1-3-16(17-8-4-14(2)5-9-17)13-18(20)12-15-6-10-19(21)11-7-15/h6-7,10-11,14,16-18,21H,3-5,8-9,12-13H2,1-2H3. The first-order valence-corrected chi connectivity index (χ1v) is 8.50. The lowest BCUT2D eigenvalue weighted by Crippen LogP contribution is -2.23. The molecular formula is C19H29FO. The predicted molar refractivity (Wildman–Crippen MR) is 86.2 cm³/mol. The van der Waals surface area contributed by atoms with Gasteiger partial charge in [0.25, 0.3) is 0 Å². The quantitative estimate of drug-likeness (QED) is 0.732. The Hall–Kier alpha value is -1.05. The zero-order valence-electron chi connectivity index (χ0n) is 13.4. The molecule has 0 amide bonds. The Kier molecular flexibility index (Phi) is 6.08. The topological polar surface area (TPSA) is 20.2 Å². The molecule has 1 aliphatic carbocycles. The molecule has 118 valence electrons. The average Bonchev–Trinajstić information content (AvgIpc) is 2.48. The van der Waals surface area contributed by atoms with Crippen LogP contribution in [0.3, 0.4) is 0 Å². The van der Waals surface area contributed by atoms with Crippen LogP contribution >= 0.6 is 0 Å². The van der Waals surface area contributed by atoms with Gasteiger partial charge < -0.3 is 5.11 Å². The van der Waals surface area contributed by atoms with Crippen molar-refractivity contribution in [3.8, 4) is 5.75 Å². The summed E-state index contributed by atoms with van der Waals surface area (Å²) in [6.45, 7) is 4.54. The van der Waals surface area contributed by atoms with Crippen LogP contribution in [0, 0.1) is 17.8 Å².